The normalized spacial score (nSPS) is 11.3. The SMILES string of the molecule is SCCCSCC(CSCCCS)SCCCS. The molecular formula is C12H26S6. The van der Waals surface area contributed by atoms with E-state index in [1.54, 1.807) is 0 Å². The molecular weight excluding hydrogens is 337 g/mol. The summed E-state index contributed by atoms with van der Waals surface area (Å²) >= 11 is 19.1. The molecule has 0 aromatic carbocycles. The minimum atomic E-state index is 0.805. The van der Waals surface area contributed by atoms with E-state index >= 15 is 0 Å². The fraction of sp³-hybridized carbons (Fsp3) is 1.00. The molecule has 0 aromatic rings. The molecule has 0 heterocycles. The van der Waals surface area contributed by atoms with E-state index in [1.165, 1.54) is 48.0 Å². The van der Waals surface area contributed by atoms with Gasteiger partial charge in [0.2, 0.25) is 0 Å². The van der Waals surface area contributed by atoms with Gasteiger partial charge in [-0.15, -0.1) is 0 Å². The molecule has 0 aliphatic carbocycles. The van der Waals surface area contributed by atoms with Gasteiger partial charge in [-0.1, -0.05) is 0 Å². The fourth-order valence-electron chi connectivity index (χ4n) is 1.22. The number of hydrogen-bond acceptors (Lipinski definition) is 6. The third kappa shape index (κ3) is 14.5. The molecule has 6 heteroatoms. The molecule has 0 rings (SSSR count). The Kier molecular flexibility index (Phi) is 19.2. The van der Waals surface area contributed by atoms with E-state index in [2.05, 4.69) is 73.2 Å². The minimum absolute atomic E-state index is 0.805. The summed E-state index contributed by atoms with van der Waals surface area (Å²) in [5.74, 6) is 9.40. The topological polar surface area (TPSA) is 0 Å². The molecule has 0 unspecified atom stereocenters. The maximum absolute atomic E-state index is 4.28. The minimum Gasteiger partial charge on any atom is -0.179 e. The maximum atomic E-state index is 4.28. The second-order valence-corrected chi connectivity index (χ2v) is 8.92. The molecule has 0 bridgehead atoms. The molecule has 0 radical (unpaired) electrons. The van der Waals surface area contributed by atoms with E-state index in [9.17, 15) is 0 Å². The van der Waals surface area contributed by atoms with Gasteiger partial charge in [-0.05, 0) is 53.8 Å². The van der Waals surface area contributed by atoms with E-state index in [-0.39, 0.29) is 0 Å². The van der Waals surface area contributed by atoms with E-state index in [0.717, 1.165) is 22.5 Å². The Hall–Kier alpha value is 2.10. The Labute approximate surface area is 143 Å². The summed E-state index contributed by atoms with van der Waals surface area (Å²) in [6, 6.07) is 0. The molecule has 0 amide bonds. The number of thiol groups is 3. The zero-order valence-electron chi connectivity index (χ0n) is 10.9. The summed E-state index contributed by atoms with van der Waals surface area (Å²) in [4.78, 5) is 0. The third-order valence-electron chi connectivity index (χ3n) is 2.16. The van der Waals surface area contributed by atoms with Crippen LogP contribution in [-0.2, 0) is 0 Å². The Morgan fingerprint density at radius 1 is 0.667 bits per heavy atom. The quantitative estimate of drug-likeness (QED) is 0.307. The van der Waals surface area contributed by atoms with Crippen LogP contribution in [0.3, 0.4) is 0 Å². The first-order chi connectivity index (χ1) is 8.85. The number of hydrogen-bond donors (Lipinski definition) is 3. The van der Waals surface area contributed by atoms with Crippen molar-refractivity contribution < 1.29 is 0 Å². The van der Waals surface area contributed by atoms with E-state index in [0.29, 0.717) is 0 Å². The molecule has 0 aliphatic rings. The maximum Gasteiger partial charge on any atom is 0.0228 e. The lowest BCUT2D eigenvalue weighted by molar-refractivity contribution is 1.07. The van der Waals surface area contributed by atoms with Gasteiger partial charge >= 0.3 is 0 Å². The Balaban J connectivity index is 3.62. The number of rotatable bonds is 14. The van der Waals surface area contributed by atoms with Crippen molar-refractivity contribution in [3.63, 3.8) is 0 Å². The summed E-state index contributed by atoms with van der Waals surface area (Å²) in [6.07, 6.45) is 3.69. The van der Waals surface area contributed by atoms with Crippen molar-refractivity contribution in [2.45, 2.75) is 24.5 Å². The molecule has 0 spiro atoms. The van der Waals surface area contributed by atoms with Crippen LogP contribution in [0.2, 0.25) is 0 Å². The van der Waals surface area contributed by atoms with Crippen LogP contribution < -0.4 is 0 Å². The van der Waals surface area contributed by atoms with Crippen molar-refractivity contribution in [2.24, 2.45) is 0 Å². The third-order valence-corrected chi connectivity index (χ3v) is 7.29. The van der Waals surface area contributed by atoms with Gasteiger partial charge in [-0.3, -0.25) is 0 Å². The first kappa shape index (κ1) is 20.1. The van der Waals surface area contributed by atoms with Crippen LogP contribution in [0.1, 0.15) is 19.3 Å². The lowest BCUT2D eigenvalue weighted by Gasteiger charge is -2.15. The highest BCUT2D eigenvalue weighted by molar-refractivity contribution is 8.05. The average molecular weight is 363 g/mol. The van der Waals surface area contributed by atoms with Crippen molar-refractivity contribution in [3.05, 3.63) is 0 Å². The van der Waals surface area contributed by atoms with Crippen LogP contribution in [0.5, 0.6) is 0 Å². The lowest BCUT2D eigenvalue weighted by atomic mass is 10.5. The molecule has 18 heavy (non-hydrogen) atoms. The van der Waals surface area contributed by atoms with Gasteiger partial charge in [0.05, 0.1) is 0 Å². The average Bonchev–Trinajstić information content (AvgIpc) is 2.39. The van der Waals surface area contributed by atoms with Crippen LogP contribution >= 0.6 is 73.2 Å². The van der Waals surface area contributed by atoms with Crippen molar-refractivity contribution in [2.75, 3.05) is 46.0 Å². The van der Waals surface area contributed by atoms with Crippen LogP contribution in [0.25, 0.3) is 0 Å². The molecule has 0 nitrogen and oxygen atoms in total. The Bertz CT molecular complexity index is 144. The van der Waals surface area contributed by atoms with Gasteiger partial charge in [0.1, 0.15) is 0 Å². The molecule has 110 valence electrons. The fourth-order valence-corrected chi connectivity index (χ4v) is 6.27. The summed E-state index contributed by atoms with van der Waals surface area (Å²) in [7, 11) is 0. The summed E-state index contributed by atoms with van der Waals surface area (Å²) in [5, 5.41) is 0.805. The summed E-state index contributed by atoms with van der Waals surface area (Å²) < 4.78 is 0. The molecule has 0 aromatic heterocycles. The van der Waals surface area contributed by atoms with E-state index in [1.807, 2.05) is 0 Å². The second kappa shape index (κ2) is 17.2. The smallest absolute Gasteiger partial charge is 0.0228 e. The highest BCUT2D eigenvalue weighted by atomic mass is 32.2. The highest BCUT2D eigenvalue weighted by Crippen LogP contribution is 2.22. The summed E-state index contributed by atoms with van der Waals surface area (Å²) in [6.45, 7) is 0. The molecule has 0 fully saturated rings. The molecule has 0 aliphatic heterocycles. The van der Waals surface area contributed by atoms with Gasteiger partial charge in [-0.25, -0.2) is 0 Å². The van der Waals surface area contributed by atoms with Crippen LogP contribution in [0.4, 0.5) is 0 Å². The first-order valence-corrected chi connectivity index (χ1v) is 11.7. The monoisotopic (exact) mass is 362 g/mol. The van der Waals surface area contributed by atoms with E-state index < -0.39 is 0 Å². The highest BCUT2D eigenvalue weighted by Gasteiger charge is 2.09. The van der Waals surface area contributed by atoms with E-state index in [4.69, 9.17) is 0 Å². The van der Waals surface area contributed by atoms with Crippen molar-refractivity contribution in [3.8, 4) is 0 Å². The first-order valence-electron chi connectivity index (χ1n) is 6.44. The van der Waals surface area contributed by atoms with Gasteiger partial charge in [0, 0.05) is 16.8 Å². The Morgan fingerprint density at radius 2 is 1.11 bits per heavy atom. The molecule has 0 saturated carbocycles. The standard InChI is InChI=1S/C12H26S6/c13-4-1-7-16-10-12(18-9-3-6-15)11-17-8-2-5-14/h12-15H,1-11H2. The van der Waals surface area contributed by atoms with Crippen LogP contribution in [-0.4, -0.2) is 51.3 Å². The van der Waals surface area contributed by atoms with Crippen LogP contribution in [0.15, 0.2) is 0 Å². The van der Waals surface area contributed by atoms with Crippen LogP contribution in [0, 0.1) is 0 Å². The van der Waals surface area contributed by atoms with Gasteiger partial charge in [0.15, 0.2) is 0 Å². The predicted octanol–water partition coefficient (Wildman–Crippen LogP) is 4.51. The zero-order chi connectivity index (χ0) is 13.5. The second-order valence-electron chi connectivity index (χ2n) is 3.87. The number of thioether (sulfide) groups is 3. The zero-order valence-corrected chi connectivity index (χ0v) is 16.1. The largest absolute Gasteiger partial charge is 0.179 e. The van der Waals surface area contributed by atoms with Gasteiger partial charge in [-0.2, -0.15) is 73.2 Å². The predicted molar refractivity (Wildman–Crippen MR) is 106 cm³/mol. The molecule has 0 saturated heterocycles. The van der Waals surface area contributed by atoms with Crippen molar-refractivity contribution >= 4 is 73.2 Å². The summed E-state index contributed by atoms with van der Waals surface area (Å²) in [5.41, 5.74) is 0. The van der Waals surface area contributed by atoms with Gasteiger partial charge in [0.25, 0.3) is 0 Å². The van der Waals surface area contributed by atoms with Crippen molar-refractivity contribution in [1.29, 1.82) is 0 Å². The molecule has 0 atom stereocenters. The Morgan fingerprint density at radius 3 is 1.56 bits per heavy atom. The lowest BCUT2D eigenvalue weighted by Crippen LogP contribution is -2.12. The van der Waals surface area contributed by atoms with Gasteiger partial charge < -0.3 is 0 Å². The van der Waals surface area contributed by atoms with Crippen molar-refractivity contribution in [1.82, 2.24) is 0 Å². The molecule has 0 N–H and O–H groups in total.